The van der Waals surface area contributed by atoms with Crippen LogP contribution in [-0.4, -0.2) is 24.9 Å². The average molecular weight is 289 g/mol. The van der Waals surface area contributed by atoms with Gasteiger partial charge >= 0.3 is 0 Å². The second kappa shape index (κ2) is 7.22. The Balaban J connectivity index is 1.94. The summed E-state index contributed by atoms with van der Waals surface area (Å²) in [4.78, 5) is 25.4. The highest BCUT2D eigenvalue weighted by molar-refractivity contribution is 5.97. The monoisotopic (exact) mass is 289 g/mol. The molecular formula is C16H23N3O2. The van der Waals surface area contributed by atoms with Crippen LogP contribution >= 0.6 is 0 Å². The molecule has 1 fully saturated rings. The lowest BCUT2D eigenvalue weighted by molar-refractivity contribution is -0.117. The normalized spacial score (nSPS) is 16.1. The van der Waals surface area contributed by atoms with Crippen molar-refractivity contribution in [2.45, 2.75) is 32.6 Å². The molecule has 1 aliphatic rings. The van der Waals surface area contributed by atoms with Gasteiger partial charge in [0.2, 0.25) is 11.8 Å². The molecule has 3 N–H and O–H groups in total. The van der Waals surface area contributed by atoms with E-state index in [0.29, 0.717) is 25.3 Å². The summed E-state index contributed by atoms with van der Waals surface area (Å²) in [6.07, 6.45) is 2.75. The molecule has 5 heteroatoms. The van der Waals surface area contributed by atoms with Crippen molar-refractivity contribution in [2.24, 2.45) is 11.7 Å². The van der Waals surface area contributed by atoms with Gasteiger partial charge < -0.3 is 16.0 Å². The van der Waals surface area contributed by atoms with Gasteiger partial charge in [0, 0.05) is 30.8 Å². The van der Waals surface area contributed by atoms with Crippen LogP contribution in [0, 0.1) is 5.92 Å². The van der Waals surface area contributed by atoms with Crippen LogP contribution in [0.1, 0.15) is 32.6 Å². The highest BCUT2D eigenvalue weighted by Gasteiger charge is 2.21. The molecular weight excluding hydrogens is 266 g/mol. The first-order valence-electron chi connectivity index (χ1n) is 7.50. The zero-order valence-corrected chi connectivity index (χ0v) is 12.5. The van der Waals surface area contributed by atoms with Gasteiger partial charge in [0.15, 0.2) is 0 Å². The molecule has 2 rings (SSSR count). The number of nitrogens with two attached hydrogens (primary N) is 1. The molecule has 0 radical (unpaired) electrons. The third kappa shape index (κ3) is 4.29. The lowest BCUT2D eigenvalue weighted by atomic mass is 10.1. The molecule has 5 nitrogen and oxygen atoms in total. The van der Waals surface area contributed by atoms with Gasteiger partial charge in [0.05, 0.1) is 0 Å². The Labute approximate surface area is 125 Å². The number of hydrogen-bond donors (Lipinski definition) is 2. The molecule has 0 aliphatic carbocycles. The van der Waals surface area contributed by atoms with E-state index < -0.39 is 0 Å². The average Bonchev–Trinajstić information content (AvgIpc) is 2.91. The summed E-state index contributed by atoms with van der Waals surface area (Å²) >= 11 is 0. The maximum atomic E-state index is 11.9. The Bertz CT molecular complexity index is 516. The van der Waals surface area contributed by atoms with Gasteiger partial charge in [0.1, 0.15) is 0 Å². The van der Waals surface area contributed by atoms with Crippen LogP contribution in [0.4, 0.5) is 11.4 Å². The number of anilines is 2. The van der Waals surface area contributed by atoms with Crippen LogP contribution in [0.15, 0.2) is 24.3 Å². The van der Waals surface area contributed by atoms with E-state index >= 15 is 0 Å². The van der Waals surface area contributed by atoms with E-state index in [1.54, 1.807) is 4.90 Å². The highest BCUT2D eigenvalue weighted by atomic mass is 16.2. The summed E-state index contributed by atoms with van der Waals surface area (Å²) in [6.45, 7) is 3.39. The summed E-state index contributed by atoms with van der Waals surface area (Å²) < 4.78 is 0. The molecule has 0 aromatic heterocycles. The molecule has 1 aromatic rings. The van der Waals surface area contributed by atoms with Gasteiger partial charge in [-0.3, -0.25) is 9.59 Å². The summed E-state index contributed by atoms with van der Waals surface area (Å²) in [5, 5.41) is 2.88. The van der Waals surface area contributed by atoms with Crippen molar-refractivity contribution in [3.8, 4) is 0 Å². The summed E-state index contributed by atoms with van der Waals surface area (Å²) in [5.74, 6) is 0.486. The van der Waals surface area contributed by atoms with Crippen LogP contribution in [-0.2, 0) is 9.59 Å². The van der Waals surface area contributed by atoms with Crippen LogP contribution in [0.2, 0.25) is 0 Å². The minimum absolute atomic E-state index is 0.0137. The smallest absolute Gasteiger partial charge is 0.227 e. The zero-order valence-electron chi connectivity index (χ0n) is 12.5. The Morgan fingerprint density at radius 1 is 1.48 bits per heavy atom. The molecule has 0 spiro atoms. The largest absolute Gasteiger partial charge is 0.330 e. The summed E-state index contributed by atoms with van der Waals surface area (Å²) in [5.41, 5.74) is 7.13. The van der Waals surface area contributed by atoms with Gasteiger partial charge in [0.25, 0.3) is 0 Å². The maximum Gasteiger partial charge on any atom is 0.227 e. The Hall–Kier alpha value is -1.88. The van der Waals surface area contributed by atoms with Crippen LogP contribution in [0.5, 0.6) is 0 Å². The number of carbonyl (C=O) groups is 2. The fourth-order valence-electron chi connectivity index (χ4n) is 2.39. The predicted molar refractivity (Wildman–Crippen MR) is 84.1 cm³/mol. The van der Waals surface area contributed by atoms with Gasteiger partial charge in [-0.05, 0) is 43.5 Å². The number of benzene rings is 1. The lowest BCUT2D eigenvalue weighted by Crippen LogP contribution is -2.23. The van der Waals surface area contributed by atoms with Crippen LogP contribution in [0.25, 0.3) is 0 Å². The first-order valence-corrected chi connectivity index (χ1v) is 7.50. The Morgan fingerprint density at radius 2 is 2.29 bits per heavy atom. The number of amides is 2. The van der Waals surface area contributed by atoms with Crippen molar-refractivity contribution < 1.29 is 9.59 Å². The first kappa shape index (κ1) is 15.5. The lowest BCUT2D eigenvalue weighted by Gasteiger charge is -2.17. The molecule has 2 amide bonds. The number of nitrogens with one attached hydrogen (secondary N) is 1. The molecule has 1 aromatic carbocycles. The number of rotatable bonds is 6. The fourth-order valence-corrected chi connectivity index (χ4v) is 2.39. The molecule has 1 aliphatic heterocycles. The van der Waals surface area contributed by atoms with E-state index in [-0.39, 0.29) is 11.8 Å². The third-order valence-corrected chi connectivity index (χ3v) is 3.78. The molecule has 1 heterocycles. The maximum absolute atomic E-state index is 11.9. The number of nitrogens with zero attached hydrogens (tertiary/aromatic N) is 1. The Kier molecular flexibility index (Phi) is 5.33. The molecule has 21 heavy (non-hydrogen) atoms. The Morgan fingerprint density at radius 3 is 2.95 bits per heavy atom. The van der Waals surface area contributed by atoms with Crippen molar-refractivity contribution >= 4 is 23.2 Å². The molecule has 0 saturated carbocycles. The van der Waals surface area contributed by atoms with Crippen molar-refractivity contribution in [1.29, 1.82) is 0 Å². The van der Waals surface area contributed by atoms with Gasteiger partial charge in [-0.1, -0.05) is 13.0 Å². The number of carbonyl (C=O) groups excluding carboxylic acids is 2. The van der Waals surface area contributed by atoms with E-state index in [0.717, 1.165) is 30.8 Å². The summed E-state index contributed by atoms with van der Waals surface area (Å²) in [6, 6.07) is 7.45. The quantitative estimate of drug-likeness (QED) is 0.842. The second-order valence-electron chi connectivity index (χ2n) is 5.63. The molecule has 1 atom stereocenters. The van der Waals surface area contributed by atoms with Crippen molar-refractivity contribution in [3.05, 3.63) is 24.3 Å². The van der Waals surface area contributed by atoms with Gasteiger partial charge in [-0.15, -0.1) is 0 Å². The second-order valence-corrected chi connectivity index (χ2v) is 5.63. The SMILES string of the molecule is CC(CN)CCC(=O)Nc1cccc(N2CCCC2=O)c1. The van der Waals surface area contributed by atoms with E-state index in [1.165, 1.54) is 0 Å². The highest BCUT2D eigenvalue weighted by Crippen LogP contribution is 2.24. The molecule has 0 bridgehead atoms. The van der Waals surface area contributed by atoms with Crippen molar-refractivity contribution in [1.82, 2.24) is 0 Å². The standard InChI is InChI=1S/C16H23N3O2/c1-12(11-17)7-8-15(20)18-13-4-2-5-14(10-13)19-9-3-6-16(19)21/h2,4-5,10,12H,3,6-9,11,17H2,1H3,(H,18,20). The summed E-state index contributed by atoms with van der Waals surface area (Å²) in [7, 11) is 0. The zero-order chi connectivity index (χ0) is 15.2. The van der Waals surface area contributed by atoms with E-state index in [2.05, 4.69) is 5.32 Å². The molecule has 1 saturated heterocycles. The van der Waals surface area contributed by atoms with E-state index in [1.807, 2.05) is 31.2 Å². The molecule has 1 unspecified atom stereocenters. The van der Waals surface area contributed by atoms with Crippen LogP contribution in [0.3, 0.4) is 0 Å². The fraction of sp³-hybridized carbons (Fsp3) is 0.500. The third-order valence-electron chi connectivity index (χ3n) is 3.78. The minimum atomic E-state index is -0.0137. The molecule has 114 valence electrons. The van der Waals surface area contributed by atoms with Gasteiger partial charge in [-0.2, -0.15) is 0 Å². The minimum Gasteiger partial charge on any atom is -0.330 e. The predicted octanol–water partition coefficient (Wildman–Crippen LogP) is 2.13. The van der Waals surface area contributed by atoms with Crippen molar-refractivity contribution in [2.75, 3.05) is 23.3 Å². The number of hydrogen-bond acceptors (Lipinski definition) is 3. The van der Waals surface area contributed by atoms with E-state index in [4.69, 9.17) is 5.73 Å². The topological polar surface area (TPSA) is 75.4 Å². The first-order chi connectivity index (χ1) is 10.1. The van der Waals surface area contributed by atoms with E-state index in [9.17, 15) is 9.59 Å². The van der Waals surface area contributed by atoms with Crippen molar-refractivity contribution in [3.63, 3.8) is 0 Å². The van der Waals surface area contributed by atoms with Crippen LogP contribution < -0.4 is 16.0 Å². The van der Waals surface area contributed by atoms with Gasteiger partial charge in [-0.25, -0.2) is 0 Å².